The summed E-state index contributed by atoms with van der Waals surface area (Å²) in [7, 11) is 0. The van der Waals surface area contributed by atoms with Gasteiger partial charge in [-0.15, -0.1) is 0 Å². The molecule has 2 aromatic carbocycles. The van der Waals surface area contributed by atoms with E-state index >= 15 is 8.78 Å². The molecular formula is C31H31ClF5N7O2S. The Morgan fingerprint density at radius 1 is 0.957 bits per heavy atom. The number of carbonyl (C=O) groups is 1. The van der Waals surface area contributed by atoms with Crippen molar-refractivity contribution in [3.05, 3.63) is 77.7 Å². The van der Waals surface area contributed by atoms with Crippen LogP contribution in [0.3, 0.4) is 0 Å². The van der Waals surface area contributed by atoms with Crippen molar-refractivity contribution >= 4 is 41.1 Å². The number of carboxylic acids is 1. The van der Waals surface area contributed by atoms with E-state index in [0.717, 1.165) is 69.8 Å². The number of hydrogen-bond donors (Lipinski definition) is 3. The SMILES string of the molecule is Fc1cc(N2CCCNCC2)ccc1-n1cc(-c2cc(Cl)cc(NSN3CCCC3)c2F)c(-c2ccncc2)n1.O=C(O)C(F)(F)F. The van der Waals surface area contributed by atoms with Crippen LogP contribution < -0.4 is 14.9 Å². The maximum atomic E-state index is 16.0. The van der Waals surface area contributed by atoms with E-state index in [9.17, 15) is 13.2 Å². The van der Waals surface area contributed by atoms with Crippen molar-refractivity contribution in [1.29, 1.82) is 0 Å². The molecule has 250 valence electrons. The molecule has 0 aliphatic carbocycles. The summed E-state index contributed by atoms with van der Waals surface area (Å²) in [6, 6.07) is 11.9. The maximum absolute atomic E-state index is 16.0. The Morgan fingerprint density at radius 2 is 1.68 bits per heavy atom. The molecule has 2 aliphatic rings. The lowest BCUT2D eigenvalue weighted by Crippen LogP contribution is -2.27. The lowest BCUT2D eigenvalue weighted by Gasteiger charge is -2.22. The molecule has 3 N–H and O–H groups in total. The average molecular weight is 696 g/mol. The molecule has 2 fully saturated rings. The Kier molecular flexibility index (Phi) is 11.2. The third-order valence-electron chi connectivity index (χ3n) is 7.47. The number of benzene rings is 2. The largest absolute Gasteiger partial charge is 0.490 e. The molecule has 4 aromatic rings. The van der Waals surface area contributed by atoms with Crippen LogP contribution in [-0.2, 0) is 4.79 Å². The lowest BCUT2D eigenvalue weighted by molar-refractivity contribution is -0.192. The number of hydrogen-bond acceptors (Lipinski definition) is 8. The number of halogens is 6. The zero-order valence-electron chi connectivity index (χ0n) is 24.9. The number of pyridine rings is 1. The standard InChI is InChI=1S/C29H30ClF2N7S.C2HF3O2/c30-21-16-23(28(32)26(17-21)36-40-38-13-1-2-14-38)24-19-39(35-29(24)20-6-9-34-10-7-20)27-5-4-22(18-25(27)31)37-12-3-8-33-11-15-37;3-2(4,5)1(6)7/h4-7,9-10,16-19,33,36H,1-3,8,11-15H2;(H,6,7). The molecular weight excluding hydrogens is 665 g/mol. The van der Waals surface area contributed by atoms with Crippen molar-refractivity contribution in [3.8, 4) is 28.1 Å². The number of anilines is 2. The van der Waals surface area contributed by atoms with E-state index in [-0.39, 0.29) is 16.9 Å². The highest BCUT2D eigenvalue weighted by atomic mass is 35.5. The fraction of sp³-hybridized carbons (Fsp3) is 0.323. The highest BCUT2D eigenvalue weighted by Gasteiger charge is 2.38. The Labute approximate surface area is 277 Å². The van der Waals surface area contributed by atoms with Crippen LogP contribution in [0.25, 0.3) is 28.1 Å². The molecule has 16 heteroatoms. The van der Waals surface area contributed by atoms with Gasteiger partial charge in [-0.3, -0.25) is 4.98 Å². The van der Waals surface area contributed by atoms with Gasteiger partial charge in [0.1, 0.15) is 11.4 Å². The molecule has 0 saturated carbocycles. The van der Waals surface area contributed by atoms with Gasteiger partial charge in [-0.2, -0.15) is 18.3 Å². The predicted octanol–water partition coefficient (Wildman–Crippen LogP) is 7.04. The first-order valence-electron chi connectivity index (χ1n) is 14.7. The summed E-state index contributed by atoms with van der Waals surface area (Å²) in [5.74, 6) is -3.61. The summed E-state index contributed by atoms with van der Waals surface area (Å²) in [5, 5.41) is 15.6. The summed E-state index contributed by atoms with van der Waals surface area (Å²) in [5.41, 5.74) is 3.42. The summed E-state index contributed by atoms with van der Waals surface area (Å²) in [6.07, 6.45) is 3.13. The normalized spacial score (nSPS) is 15.6. The van der Waals surface area contributed by atoms with Gasteiger partial charge < -0.3 is 20.0 Å². The first-order valence-corrected chi connectivity index (χ1v) is 15.9. The average Bonchev–Trinajstić information content (AvgIpc) is 3.65. The van der Waals surface area contributed by atoms with Crippen molar-refractivity contribution in [1.82, 2.24) is 24.4 Å². The van der Waals surface area contributed by atoms with E-state index in [4.69, 9.17) is 26.6 Å². The molecule has 2 saturated heterocycles. The second-order valence-electron chi connectivity index (χ2n) is 10.7. The Hall–Kier alpha value is -3.92. The highest BCUT2D eigenvalue weighted by molar-refractivity contribution is 7.98. The topological polar surface area (TPSA) is 98.5 Å². The van der Waals surface area contributed by atoms with Gasteiger partial charge in [0.15, 0.2) is 11.6 Å². The van der Waals surface area contributed by atoms with E-state index in [1.165, 1.54) is 16.8 Å². The van der Waals surface area contributed by atoms with Crippen molar-refractivity contribution in [2.75, 3.05) is 48.9 Å². The van der Waals surface area contributed by atoms with Gasteiger partial charge in [-0.25, -0.2) is 22.6 Å². The number of nitrogens with zero attached hydrogens (tertiary/aromatic N) is 5. The van der Waals surface area contributed by atoms with Gasteiger partial charge >= 0.3 is 12.1 Å². The van der Waals surface area contributed by atoms with E-state index < -0.39 is 23.8 Å². The fourth-order valence-corrected chi connectivity index (χ4v) is 6.19. The van der Waals surface area contributed by atoms with Gasteiger partial charge in [-0.1, -0.05) is 11.6 Å². The summed E-state index contributed by atoms with van der Waals surface area (Å²) in [4.78, 5) is 15.2. The summed E-state index contributed by atoms with van der Waals surface area (Å²) < 4.78 is 70.1. The molecule has 0 radical (unpaired) electrons. The molecule has 0 amide bonds. The van der Waals surface area contributed by atoms with Crippen LogP contribution in [-0.4, -0.2) is 75.6 Å². The first kappa shape index (κ1) is 34.4. The van der Waals surface area contributed by atoms with Crippen LogP contribution >= 0.6 is 23.7 Å². The van der Waals surface area contributed by atoms with E-state index in [0.29, 0.717) is 16.3 Å². The van der Waals surface area contributed by atoms with Gasteiger partial charge in [0, 0.05) is 90.8 Å². The Balaban J connectivity index is 0.000000559. The smallest absolute Gasteiger partial charge is 0.475 e. The van der Waals surface area contributed by atoms with Crippen LogP contribution in [0.4, 0.5) is 33.3 Å². The minimum Gasteiger partial charge on any atom is -0.475 e. The van der Waals surface area contributed by atoms with Crippen molar-refractivity contribution in [2.45, 2.75) is 25.4 Å². The van der Waals surface area contributed by atoms with Crippen LogP contribution in [0, 0.1) is 11.6 Å². The second kappa shape index (κ2) is 15.3. The van der Waals surface area contributed by atoms with Crippen molar-refractivity contribution in [2.24, 2.45) is 0 Å². The first-order chi connectivity index (χ1) is 22.5. The van der Waals surface area contributed by atoms with Crippen LogP contribution in [0.2, 0.25) is 5.02 Å². The van der Waals surface area contributed by atoms with Crippen LogP contribution in [0.15, 0.2) is 61.1 Å². The monoisotopic (exact) mass is 695 g/mol. The molecule has 0 unspecified atom stereocenters. The predicted molar refractivity (Wildman–Crippen MR) is 173 cm³/mol. The zero-order chi connectivity index (χ0) is 33.6. The van der Waals surface area contributed by atoms with Crippen molar-refractivity contribution < 1.29 is 31.9 Å². The molecule has 0 atom stereocenters. The van der Waals surface area contributed by atoms with E-state index in [1.807, 2.05) is 6.07 Å². The van der Waals surface area contributed by atoms with E-state index in [1.54, 1.807) is 55.0 Å². The minimum absolute atomic E-state index is 0.281. The molecule has 4 heterocycles. The number of nitrogens with one attached hydrogen (secondary N) is 2. The molecule has 9 nitrogen and oxygen atoms in total. The zero-order valence-corrected chi connectivity index (χ0v) is 26.5. The fourth-order valence-electron chi connectivity index (χ4n) is 5.15. The molecule has 6 rings (SSSR count). The van der Waals surface area contributed by atoms with Gasteiger partial charge in [0.25, 0.3) is 0 Å². The number of rotatable bonds is 7. The van der Waals surface area contributed by atoms with Gasteiger partial charge in [0.05, 0.1) is 5.69 Å². The maximum Gasteiger partial charge on any atom is 0.490 e. The van der Waals surface area contributed by atoms with Crippen LogP contribution in [0.5, 0.6) is 0 Å². The highest BCUT2D eigenvalue weighted by Crippen LogP contribution is 2.39. The number of aromatic nitrogens is 3. The molecule has 47 heavy (non-hydrogen) atoms. The molecule has 2 aromatic heterocycles. The number of carboxylic acid groups (broad SMARTS) is 1. The third kappa shape index (κ3) is 8.71. The third-order valence-corrected chi connectivity index (χ3v) is 8.62. The minimum atomic E-state index is -5.08. The van der Waals surface area contributed by atoms with E-state index in [2.05, 4.69) is 24.2 Å². The molecule has 2 aliphatic heterocycles. The van der Waals surface area contributed by atoms with Gasteiger partial charge in [0.2, 0.25) is 0 Å². The van der Waals surface area contributed by atoms with Gasteiger partial charge in [-0.05, 0) is 68.3 Å². The second-order valence-corrected chi connectivity index (χ2v) is 12.1. The molecule has 0 spiro atoms. The summed E-state index contributed by atoms with van der Waals surface area (Å²) >= 11 is 7.86. The van der Waals surface area contributed by atoms with Crippen LogP contribution in [0.1, 0.15) is 19.3 Å². The number of aliphatic carboxylic acids is 1. The quantitative estimate of drug-likeness (QED) is 0.139. The molecule has 0 bridgehead atoms. The summed E-state index contributed by atoms with van der Waals surface area (Å²) in [6.45, 7) is 5.40. The Morgan fingerprint density at radius 3 is 2.36 bits per heavy atom. The lowest BCUT2D eigenvalue weighted by atomic mass is 10.0. The number of alkyl halides is 3. The Bertz CT molecular complexity index is 1680. The van der Waals surface area contributed by atoms with Crippen molar-refractivity contribution in [3.63, 3.8) is 0 Å².